The molecule has 0 radical (unpaired) electrons. The molecule has 0 bridgehead atoms. The number of phenolic OH excluding ortho intramolecular Hbond substituents is 1. The van der Waals surface area contributed by atoms with Crippen molar-refractivity contribution in [2.75, 3.05) is 13.1 Å². The van der Waals surface area contributed by atoms with Gasteiger partial charge >= 0.3 is 0 Å². The number of nitrogens with zero attached hydrogens (tertiary/aromatic N) is 2. The average molecular weight is 334 g/mol. The van der Waals surface area contributed by atoms with Crippen LogP contribution in [-0.4, -0.2) is 28.1 Å². The topological polar surface area (TPSA) is 36.4 Å². The largest absolute Gasteiger partial charge is 0.507 e. The van der Waals surface area contributed by atoms with Crippen LogP contribution in [0.1, 0.15) is 47.7 Å². The summed E-state index contributed by atoms with van der Waals surface area (Å²) in [5.74, 6) is 0.368. The molecule has 1 aliphatic rings. The molecule has 3 nitrogen and oxygen atoms in total. The van der Waals surface area contributed by atoms with E-state index in [1.807, 2.05) is 43.5 Å². The molecule has 0 spiro atoms. The van der Waals surface area contributed by atoms with Crippen molar-refractivity contribution < 1.29 is 5.11 Å². The number of aromatic hydroxyl groups is 1. The van der Waals surface area contributed by atoms with Crippen LogP contribution in [-0.2, 0) is 0 Å². The maximum Gasteiger partial charge on any atom is 0.124 e. The monoisotopic (exact) mass is 334 g/mol. The Morgan fingerprint density at radius 1 is 1.16 bits per heavy atom. The molecule has 1 aliphatic heterocycles. The van der Waals surface area contributed by atoms with Gasteiger partial charge in [-0.3, -0.25) is 9.88 Å². The molecule has 0 amide bonds. The Kier molecular flexibility index (Phi) is 5.67. The van der Waals surface area contributed by atoms with Crippen molar-refractivity contribution in [3.8, 4) is 5.75 Å². The molecule has 2 heterocycles. The Bertz CT molecular complexity index is 746. The molecule has 1 fully saturated rings. The maximum atomic E-state index is 10.9. The fourth-order valence-electron chi connectivity index (χ4n) is 3.57. The summed E-state index contributed by atoms with van der Waals surface area (Å²) in [6.45, 7) is 7.75. The van der Waals surface area contributed by atoms with E-state index in [9.17, 15) is 5.11 Å². The summed E-state index contributed by atoms with van der Waals surface area (Å²) in [7, 11) is 0. The number of hydrogen-bond acceptors (Lipinski definition) is 3. The summed E-state index contributed by atoms with van der Waals surface area (Å²) in [5.41, 5.74) is 3.84. The number of hydrogen-bond donors (Lipinski definition) is 1. The lowest BCUT2D eigenvalue weighted by molar-refractivity contribution is 0.182. The van der Waals surface area contributed by atoms with E-state index in [4.69, 9.17) is 0 Å². The van der Waals surface area contributed by atoms with Crippen molar-refractivity contribution in [1.29, 1.82) is 0 Å². The number of benzene rings is 1. The van der Waals surface area contributed by atoms with E-state index in [0.29, 0.717) is 5.75 Å². The molecule has 25 heavy (non-hydrogen) atoms. The lowest BCUT2D eigenvalue weighted by Gasteiger charge is -2.35. The summed E-state index contributed by atoms with van der Waals surface area (Å²) in [5, 5.41) is 10.9. The minimum atomic E-state index is -0.00219. The van der Waals surface area contributed by atoms with Gasteiger partial charge in [0.15, 0.2) is 0 Å². The fourth-order valence-corrected chi connectivity index (χ4v) is 3.57. The molecule has 1 N–H and O–H groups in total. The second kappa shape index (κ2) is 8.13. The minimum Gasteiger partial charge on any atom is -0.507 e. The number of likely N-dealkylation sites (tertiary alicyclic amines) is 1. The predicted molar refractivity (Wildman–Crippen MR) is 104 cm³/mol. The molecule has 2 aromatic rings. The van der Waals surface area contributed by atoms with E-state index in [1.165, 1.54) is 19.3 Å². The number of piperidine rings is 1. The van der Waals surface area contributed by atoms with Crippen molar-refractivity contribution in [3.63, 3.8) is 0 Å². The highest BCUT2D eigenvalue weighted by molar-refractivity contribution is 5.61. The van der Waals surface area contributed by atoms with Gasteiger partial charge in [0, 0.05) is 11.8 Å². The third-order valence-electron chi connectivity index (χ3n) is 4.93. The summed E-state index contributed by atoms with van der Waals surface area (Å²) in [4.78, 5) is 7.04. The van der Waals surface area contributed by atoms with E-state index in [1.54, 1.807) is 6.08 Å². The summed E-state index contributed by atoms with van der Waals surface area (Å²) < 4.78 is 0. The van der Waals surface area contributed by atoms with Gasteiger partial charge in [0.05, 0.1) is 11.7 Å². The second-order valence-corrected chi connectivity index (χ2v) is 6.57. The molecule has 1 saturated heterocycles. The van der Waals surface area contributed by atoms with Crippen LogP contribution in [0, 0.1) is 6.92 Å². The molecule has 1 aromatic heterocycles. The van der Waals surface area contributed by atoms with Crippen molar-refractivity contribution >= 4 is 6.08 Å². The van der Waals surface area contributed by atoms with Crippen LogP contribution >= 0.6 is 0 Å². The molecule has 1 atom stereocenters. The molecule has 3 heteroatoms. The third kappa shape index (κ3) is 3.83. The van der Waals surface area contributed by atoms with Crippen molar-refractivity contribution in [1.82, 2.24) is 9.88 Å². The lowest BCUT2D eigenvalue weighted by atomic mass is 9.93. The zero-order valence-electron chi connectivity index (χ0n) is 14.9. The SMILES string of the molecule is C=CC=Cc1ccc(C(c2ccccn2)N2CCCCC2)c(O)c1C. The van der Waals surface area contributed by atoms with Crippen LogP contribution in [0.3, 0.4) is 0 Å². The Labute approximate surface area is 150 Å². The van der Waals surface area contributed by atoms with Crippen LogP contribution in [0.25, 0.3) is 6.08 Å². The Balaban J connectivity index is 2.05. The molecule has 1 aromatic carbocycles. The second-order valence-electron chi connectivity index (χ2n) is 6.57. The predicted octanol–water partition coefficient (Wildman–Crippen LogP) is 4.87. The van der Waals surface area contributed by atoms with E-state index in [0.717, 1.165) is 35.5 Å². The molecular weight excluding hydrogens is 308 g/mol. The highest BCUT2D eigenvalue weighted by Crippen LogP contribution is 2.37. The van der Waals surface area contributed by atoms with Crippen LogP contribution in [0.4, 0.5) is 0 Å². The first-order valence-corrected chi connectivity index (χ1v) is 8.99. The smallest absolute Gasteiger partial charge is 0.124 e. The fraction of sp³-hybridized carbons (Fsp3) is 0.318. The standard InChI is InChI=1S/C22H26N2O/c1-3-4-10-18-12-13-19(22(25)17(18)2)21(20-11-6-7-14-23-20)24-15-8-5-9-16-24/h3-4,6-7,10-14,21,25H,1,5,8-9,15-16H2,2H3. The van der Waals surface area contributed by atoms with Crippen LogP contribution in [0.2, 0.25) is 0 Å². The molecular formula is C22H26N2O. The molecule has 130 valence electrons. The number of pyridine rings is 1. The third-order valence-corrected chi connectivity index (χ3v) is 4.93. The molecule has 1 unspecified atom stereocenters. The summed E-state index contributed by atoms with van der Waals surface area (Å²) >= 11 is 0. The van der Waals surface area contributed by atoms with E-state index in [-0.39, 0.29) is 6.04 Å². The average Bonchev–Trinajstić information content (AvgIpc) is 2.66. The van der Waals surface area contributed by atoms with Gasteiger partial charge in [0.2, 0.25) is 0 Å². The zero-order valence-corrected chi connectivity index (χ0v) is 14.9. The van der Waals surface area contributed by atoms with Gasteiger partial charge in [-0.1, -0.05) is 49.4 Å². The number of aromatic nitrogens is 1. The number of rotatable bonds is 5. The number of allylic oxidation sites excluding steroid dienone is 2. The first kappa shape index (κ1) is 17.4. The summed E-state index contributed by atoms with van der Waals surface area (Å²) in [6, 6.07) is 10.1. The van der Waals surface area contributed by atoms with Gasteiger partial charge in [-0.15, -0.1) is 0 Å². The minimum absolute atomic E-state index is 0.00219. The van der Waals surface area contributed by atoms with Crippen LogP contribution in [0.15, 0.2) is 55.3 Å². The van der Waals surface area contributed by atoms with Gasteiger partial charge in [-0.25, -0.2) is 0 Å². The van der Waals surface area contributed by atoms with Crippen molar-refractivity contribution in [3.05, 3.63) is 77.6 Å². The van der Waals surface area contributed by atoms with Gasteiger partial charge in [0.25, 0.3) is 0 Å². The van der Waals surface area contributed by atoms with Crippen molar-refractivity contribution in [2.24, 2.45) is 0 Å². The lowest BCUT2D eigenvalue weighted by Crippen LogP contribution is -2.34. The number of phenols is 1. The van der Waals surface area contributed by atoms with Gasteiger partial charge in [0.1, 0.15) is 5.75 Å². The quantitative estimate of drug-likeness (QED) is 0.793. The van der Waals surface area contributed by atoms with Gasteiger partial charge < -0.3 is 5.11 Å². The van der Waals surface area contributed by atoms with Crippen molar-refractivity contribution in [2.45, 2.75) is 32.2 Å². The van der Waals surface area contributed by atoms with E-state index >= 15 is 0 Å². The first-order chi connectivity index (χ1) is 12.2. The van der Waals surface area contributed by atoms with Crippen LogP contribution < -0.4 is 0 Å². The van der Waals surface area contributed by atoms with E-state index in [2.05, 4.69) is 28.6 Å². The Hall–Kier alpha value is -2.39. The highest BCUT2D eigenvalue weighted by atomic mass is 16.3. The van der Waals surface area contributed by atoms with Gasteiger partial charge in [-0.2, -0.15) is 0 Å². The normalized spacial score (nSPS) is 16.8. The zero-order chi connectivity index (χ0) is 17.6. The van der Waals surface area contributed by atoms with Gasteiger partial charge in [-0.05, 0) is 56.1 Å². The Morgan fingerprint density at radius 3 is 2.64 bits per heavy atom. The first-order valence-electron chi connectivity index (χ1n) is 8.99. The Morgan fingerprint density at radius 2 is 1.96 bits per heavy atom. The molecule has 3 rings (SSSR count). The van der Waals surface area contributed by atoms with E-state index < -0.39 is 0 Å². The highest BCUT2D eigenvalue weighted by Gasteiger charge is 2.27. The van der Waals surface area contributed by atoms with Crippen LogP contribution in [0.5, 0.6) is 5.75 Å². The molecule has 0 saturated carbocycles. The summed E-state index contributed by atoms with van der Waals surface area (Å²) in [6.07, 6.45) is 11.1. The maximum absolute atomic E-state index is 10.9. The molecule has 0 aliphatic carbocycles.